The van der Waals surface area contributed by atoms with Gasteiger partial charge in [0.1, 0.15) is 0 Å². The van der Waals surface area contributed by atoms with Crippen LogP contribution < -0.4 is 0 Å². The third-order valence-corrected chi connectivity index (χ3v) is 3.51. The Bertz CT molecular complexity index is 405. The first-order valence-corrected chi connectivity index (χ1v) is 6.42. The monoisotopic (exact) mass is 238 g/mol. The van der Waals surface area contributed by atoms with E-state index in [4.69, 9.17) is 9.36 Å². The van der Waals surface area contributed by atoms with E-state index in [1.165, 1.54) is 7.11 Å². The van der Waals surface area contributed by atoms with Gasteiger partial charge in [-0.05, 0) is 10.1 Å². The van der Waals surface area contributed by atoms with Crippen molar-refractivity contribution in [3.05, 3.63) is 35.9 Å². The largest absolute Gasteiger partial charge is 0.511 e. The van der Waals surface area contributed by atoms with Crippen LogP contribution in [-0.2, 0) is 13.9 Å². The lowest BCUT2D eigenvalue weighted by Crippen LogP contribution is -2.11. The summed E-state index contributed by atoms with van der Waals surface area (Å²) in [5.41, 5.74) is 1.96. The molecule has 16 heavy (non-hydrogen) atoms. The average Bonchev–Trinajstić information content (AvgIpc) is 2.78. The number of benzene rings is 1. The lowest BCUT2D eigenvalue weighted by Gasteiger charge is -1.99. The van der Waals surface area contributed by atoms with Gasteiger partial charge in [0.2, 0.25) is 6.16 Å². The SMILES string of the molecule is CO[P+](=O)CC1CC(c2ccccc2)=NO1. The Hall–Kier alpha value is -1.25. The maximum Gasteiger partial charge on any atom is 0.511 e. The van der Waals surface area contributed by atoms with Crippen LogP contribution in [0.5, 0.6) is 0 Å². The molecule has 0 N–H and O–H groups in total. The molecule has 1 aliphatic heterocycles. The summed E-state index contributed by atoms with van der Waals surface area (Å²) in [4.78, 5) is 5.22. The summed E-state index contributed by atoms with van der Waals surface area (Å²) < 4.78 is 15.9. The molecule has 84 valence electrons. The van der Waals surface area contributed by atoms with Gasteiger partial charge in [-0.25, -0.2) is 0 Å². The number of nitrogens with zero attached hydrogens (tertiary/aromatic N) is 1. The lowest BCUT2D eigenvalue weighted by atomic mass is 10.1. The molecular weight excluding hydrogens is 225 g/mol. The highest BCUT2D eigenvalue weighted by molar-refractivity contribution is 7.39. The number of hydrogen-bond acceptors (Lipinski definition) is 4. The second-order valence-corrected chi connectivity index (χ2v) is 4.93. The Balaban J connectivity index is 1.95. The Kier molecular flexibility index (Phi) is 3.65. The smallest absolute Gasteiger partial charge is 0.387 e. The normalized spacial score (nSPS) is 20.2. The summed E-state index contributed by atoms with van der Waals surface area (Å²) in [5.74, 6) is 0. The molecular formula is C11H13NO3P+. The van der Waals surface area contributed by atoms with E-state index in [0.717, 1.165) is 11.3 Å². The summed E-state index contributed by atoms with van der Waals surface area (Å²) >= 11 is 0. The van der Waals surface area contributed by atoms with Crippen molar-refractivity contribution in [1.82, 2.24) is 0 Å². The molecule has 0 fully saturated rings. The highest BCUT2D eigenvalue weighted by Crippen LogP contribution is 2.27. The first-order valence-electron chi connectivity index (χ1n) is 5.06. The van der Waals surface area contributed by atoms with Gasteiger partial charge in [0, 0.05) is 6.42 Å². The Morgan fingerprint density at radius 2 is 2.25 bits per heavy atom. The van der Waals surface area contributed by atoms with Gasteiger partial charge in [0.15, 0.2) is 6.10 Å². The summed E-state index contributed by atoms with van der Waals surface area (Å²) in [6.07, 6.45) is 0.957. The van der Waals surface area contributed by atoms with Gasteiger partial charge >= 0.3 is 8.03 Å². The van der Waals surface area contributed by atoms with E-state index < -0.39 is 8.03 Å². The van der Waals surface area contributed by atoms with Crippen molar-refractivity contribution in [2.75, 3.05) is 13.3 Å². The van der Waals surface area contributed by atoms with Crippen LogP contribution in [0.4, 0.5) is 0 Å². The van der Waals surface area contributed by atoms with E-state index in [2.05, 4.69) is 5.16 Å². The molecule has 0 aliphatic carbocycles. The number of hydrogen-bond donors (Lipinski definition) is 0. The van der Waals surface area contributed by atoms with Crippen molar-refractivity contribution in [3.63, 3.8) is 0 Å². The van der Waals surface area contributed by atoms with Crippen molar-refractivity contribution < 1.29 is 13.9 Å². The molecule has 2 rings (SSSR count). The summed E-state index contributed by atoms with van der Waals surface area (Å²) in [6.45, 7) is 0. The molecule has 5 heteroatoms. The van der Waals surface area contributed by atoms with Crippen LogP contribution in [0, 0.1) is 0 Å². The first kappa shape index (κ1) is 11.2. The Labute approximate surface area is 95.1 Å². The number of rotatable bonds is 4. The molecule has 0 saturated heterocycles. The van der Waals surface area contributed by atoms with Gasteiger partial charge in [0.05, 0.1) is 12.8 Å². The van der Waals surface area contributed by atoms with Crippen molar-refractivity contribution in [3.8, 4) is 0 Å². The van der Waals surface area contributed by atoms with Crippen molar-refractivity contribution in [1.29, 1.82) is 0 Å². The molecule has 2 unspecified atom stereocenters. The van der Waals surface area contributed by atoms with Crippen molar-refractivity contribution in [2.24, 2.45) is 5.16 Å². The predicted molar refractivity (Wildman–Crippen MR) is 62.0 cm³/mol. The molecule has 1 heterocycles. The third-order valence-electron chi connectivity index (χ3n) is 2.40. The standard InChI is InChI=1S/C11H13NO3P/c1-14-16(13)8-10-7-11(12-15-10)9-5-3-2-4-6-9/h2-6,10H,7-8H2,1H3/q+1. The van der Waals surface area contributed by atoms with Crippen LogP contribution in [0.2, 0.25) is 0 Å². The van der Waals surface area contributed by atoms with Gasteiger partial charge in [0.25, 0.3) is 0 Å². The second kappa shape index (κ2) is 5.19. The van der Waals surface area contributed by atoms with E-state index in [1.54, 1.807) is 0 Å². The van der Waals surface area contributed by atoms with E-state index >= 15 is 0 Å². The lowest BCUT2D eigenvalue weighted by molar-refractivity contribution is 0.100. The molecule has 0 aromatic heterocycles. The molecule has 0 amide bonds. The molecule has 0 bridgehead atoms. The maximum absolute atomic E-state index is 11.2. The van der Waals surface area contributed by atoms with Crippen LogP contribution in [-0.4, -0.2) is 25.1 Å². The van der Waals surface area contributed by atoms with Crippen molar-refractivity contribution >= 4 is 13.7 Å². The molecule has 4 nitrogen and oxygen atoms in total. The van der Waals surface area contributed by atoms with Gasteiger partial charge in [-0.2, -0.15) is 0 Å². The molecule has 0 spiro atoms. The third kappa shape index (κ3) is 2.65. The first-order chi connectivity index (χ1) is 7.79. The summed E-state index contributed by atoms with van der Waals surface area (Å²) in [5, 5.41) is 4.01. The zero-order chi connectivity index (χ0) is 11.4. The molecule has 1 aromatic rings. The summed E-state index contributed by atoms with van der Waals surface area (Å²) in [7, 11) is -0.189. The second-order valence-electron chi connectivity index (χ2n) is 3.53. The topological polar surface area (TPSA) is 47.9 Å². The molecule has 0 saturated carbocycles. The Morgan fingerprint density at radius 3 is 2.94 bits per heavy atom. The van der Waals surface area contributed by atoms with Crippen LogP contribution in [0.1, 0.15) is 12.0 Å². The quantitative estimate of drug-likeness (QED) is 0.757. The van der Waals surface area contributed by atoms with Crippen LogP contribution >= 0.6 is 8.03 Å². The average molecular weight is 238 g/mol. The highest BCUT2D eigenvalue weighted by atomic mass is 31.1. The molecule has 2 atom stereocenters. The van der Waals surface area contributed by atoms with Gasteiger partial charge in [-0.3, -0.25) is 0 Å². The Morgan fingerprint density at radius 1 is 1.50 bits per heavy atom. The predicted octanol–water partition coefficient (Wildman–Crippen LogP) is 2.57. The zero-order valence-corrected chi connectivity index (χ0v) is 9.89. The fourth-order valence-corrected chi connectivity index (χ4v) is 2.25. The number of oxime groups is 1. The highest BCUT2D eigenvalue weighted by Gasteiger charge is 2.31. The van der Waals surface area contributed by atoms with E-state index in [-0.39, 0.29) is 6.10 Å². The minimum atomic E-state index is -1.63. The van der Waals surface area contributed by atoms with E-state index in [9.17, 15) is 4.57 Å². The van der Waals surface area contributed by atoms with Gasteiger partial charge in [-0.15, -0.1) is 4.52 Å². The van der Waals surface area contributed by atoms with E-state index in [0.29, 0.717) is 12.6 Å². The molecule has 0 radical (unpaired) electrons. The maximum atomic E-state index is 11.2. The van der Waals surface area contributed by atoms with E-state index in [1.807, 2.05) is 30.3 Å². The minimum Gasteiger partial charge on any atom is -0.387 e. The fourth-order valence-electron chi connectivity index (χ4n) is 1.57. The molecule has 1 aromatic carbocycles. The molecule has 1 aliphatic rings. The minimum absolute atomic E-state index is 0.126. The van der Waals surface area contributed by atoms with Crippen LogP contribution in [0.15, 0.2) is 35.5 Å². The fraction of sp³-hybridized carbons (Fsp3) is 0.364. The summed E-state index contributed by atoms with van der Waals surface area (Å²) in [6, 6.07) is 9.85. The van der Waals surface area contributed by atoms with Crippen LogP contribution in [0.25, 0.3) is 0 Å². The van der Waals surface area contributed by atoms with Crippen molar-refractivity contribution in [2.45, 2.75) is 12.5 Å². The van der Waals surface area contributed by atoms with Gasteiger partial charge in [-0.1, -0.05) is 35.5 Å². The van der Waals surface area contributed by atoms with Gasteiger partial charge < -0.3 is 4.84 Å². The van der Waals surface area contributed by atoms with Crippen LogP contribution in [0.3, 0.4) is 0 Å². The zero-order valence-electron chi connectivity index (χ0n) is 9.00.